The van der Waals surface area contributed by atoms with E-state index in [1.807, 2.05) is 0 Å². The predicted molar refractivity (Wildman–Crippen MR) is 70.8 cm³/mol. The van der Waals surface area contributed by atoms with Crippen molar-refractivity contribution in [3.8, 4) is 0 Å². The minimum atomic E-state index is -1.12. The highest BCUT2D eigenvalue weighted by molar-refractivity contribution is 6.33. The van der Waals surface area contributed by atoms with Gasteiger partial charge in [0.2, 0.25) is 0 Å². The van der Waals surface area contributed by atoms with Gasteiger partial charge in [0.15, 0.2) is 0 Å². The highest BCUT2D eigenvalue weighted by atomic mass is 35.5. The summed E-state index contributed by atoms with van der Waals surface area (Å²) in [6, 6.07) is 4.11. The lowest BCUT2D eigenvalue weighted by Gasteiger charge is -2.20. The molecule has 108 valence electrons. The summed E-state index contributed by atoms with van der Waals surface area (Å²) in [5, 5.41) is 23.3. The molecule has 8 heteroatoms. The molecule has 2 N–H and O–H groups in total. The summed E-state index contributed by atoms with van der Waals surface area (Å²) in [6.07, 6.45) is 0.408. The monoisotopic (exact) mass is 300 g/mol. The van der Waals surface area contributed by atoms with Gasteiger partial charge in [0.25, 0.3) is 5.91 Å². The summed E-state index contributed by atoms with van der Waals surface area (Å²) in [6.45, 7) is 0.518. The number of nitrogens with zero attached hydrogens (tertiary/aromatic N) is 1. The Labute approximate surface area is 119 Å². The van der Waals surface area contributed by atoms with Gasteiger partial charge in [-0.3, -0.25) is 14.9 Å². The van der Waals surface area contributed by atoms with E-state index in [0.717, 1.165) is 0 Å². The third-order valence-electron chi connectivity index (χ3n) is 3.07. The van der Waals surface area contributed by atoms with Gasteiger partial charge in [0.05, 0.1) is 11.5 Å². The Morgan fingerprint density at radius 3 is 2.95 bits per heavy atom. The van der Waals surface area contributed by atoms with Gasteiger partial charge in [0, 0.05) is 19.6 Å². The molecule has 1 atom stereocenters. The quantitative estimate of drug-likeness (QED) is 0.641. The molecular weight excluding hydrogens is 288 g/mol. The van der Waals surface area contributed by atoms with Crippen molar-refractivity contribution in [2.45, 2.75) is 12.0 Å². The molecule has 1 aromatic rings. The molecule has 0 aliphatic carbocycles. The lowest BCUT2D eigenvalue weighted by Crippen LogP contribution is -2.43. The van der Waals surface area contributed by atoms with Gasteiger partial charge < -0.3 is 15.2 Å². The van der Waals surface area contributed by atoms with E-state index >= 15 is 0 Å². The van der Waals surface area contributed by atoms with E-state index in [9.17, 15) is 20.0 Å². The number of nitro benzene ring substituents is 1. The highest BCUT2D eigenvalue weighted by Crippen LogP contribution is 2.28. The van der Waals surface area contributed by atoms with E-state index in [1.165, 1.54) is 18.2 Å². The maximum atomic E-state index is 12.0. The van der Waals surface area contributed by atoms with Gasteiger partial charge in [0.1, 0.15) is 16.2 Å². The first-order valence-electron chi connectivity index (χ1n) is 5.94. The van der Waals surface area contributed by atoms with E-state index in [1.54, 1.807) is 0 Å². The molecular formula is C12H13ClN2O5. The second kappa shape index (κ2) is 5.74. The number of hydrogen-bond donors (Lipinski definition) is 2. The van der Waals surface area contributed by atoms with Crippen molar-refractivity contribution < 1.29 is 19.6 Å². The number of halogens is 1. The van der Waals surface area contributed by atoms with Crippen LogP contribution in [-0.2, 0) is 4.74 Å². The SMILES string of the molecule is O=C(NCC1(O)CCOC1)c1cccc(Cl)c1[N+](=O)[O-]. The largest absolute Gasteiger partial charge is 0.386 e. The summed E-state index contributed by atoms with van der Waals surface area (Å²) in [5.74, 6) is -0.653. The van der Waals surface area contributed by atoms with Crippen molar-refractivity contribution in [3.05, 3.63) is 38.9 Å². The molecule has 0 saturated carbocycles. The van der Waals surface area contributed by atoms with Crippen LogP contribution in [0.1, 0.15) is 16.8 Å². The van der Waals surface area contributed by atoms with Crippen molar-refractivity contribution in [2.24, 2.45) is 0 Å². The Kier molecular flexibility index (Phi) is 4.22. The minimum Gasteiger partial charge on any atom is -0.386 e. The number of amides is 1. The smallest absolute Gasteiger partial charge is 0.300 e. The number of ether oxygens (including phenoxy) is 1. The zero-order valence-electron chi connectivity index (χ0n) is 10.5. The van der Waals surface area contributed by atoms with Crippen molar-refractivity contribution in [2.75, 3.05) is 19.8 Å². The fourth-order valence-electron chi connectivity index (χ4n) is 1.96. The first kappa shape index (κ1) is 14.7. The van der Waals surface area contributed by atoms with Crippen LogP contribution in [0.3, 0.4) is 0 Å². The Balaban J connectivity index is 2.13. The summed E-state index contributed by atoms with van der Waals surface area (Å²) in [4.78, 5) is 22.2. The number of hydrogen-bond acceptors (Lipinski definition) is 5. The van der Waals surface area contributed by atoms with E-state index in [2.05, 4.69) is 5.32 Å². The van der Waals surface area contributed by atoms with Crippen LogP contribution < -0.4 is 5.32 Å². The van der Waals surface area contributed by atoms with Crippen LogP contribution in [-0.4, -0.2) is 41.3 Å². The molecule has 1 amide bonds. The number of aliphatic hydroxyl groups is 1. The predicted octanol–water partition coefficient (Wildman–Crippen LogP) is 1.13. The molecule has 1 heterocycles. The van der Waals surface area contributed by atoms with Crippen LogP contribution in [0.2, 0.25) is 5.02 Å². The van der Waals surface area contributed by atoms with Gasteiger partial charge in [-0.25, -0.2) is 0 Å². The molecule has 20 heavy (non-hydrogen) atoms. The first-order chi connectivity index (χ1) is 9.43. The second-order valence-electron chi connectivity index (χ2n) is 4.60. The van der Waals surface area contributed by atoms with E-state index in [-0.39, 0.29) is 23.7 Å². The van der Waals surface area contributed by atoms with Crippen LogP contribution in [0.25, 0.3) is 0 Å². The molecule has 1 fully saturated rings. The van der Waals surface area contributed by atoms with Crippen LogP contribution in [0.15, 0.2) is 18.2 Å². The fourth-order valence-corrected chi connectivity index (χ4v) is 2.20. The average Bonchev–Trinajstić information content (AvgIpc) is 2.82. The maximum absolute atomic E-state index is 12.0. The Hall–Kier alpha value is -1.70. The molecule has 1 aromatic carbocycles. The van der Waals surface area contributed by atoms with Crippen molar-refractivity contribution in [1.82, 2.24) is 5.32 Å². The molecule has 0 aromatic heterocycles. The standard InChI is InChI=1S/C12H13ClN2O5/c13-9-3-1-2-8(10(9)15(18)19)11(16)14-6-12(17)4-5-20-7-12/h1-3,17H,4-7H2,(H,14,16). The molecule has 7 nitrogen and oxygen atoms in total. The third kappa shape index (κ3) is 3.06. The fraction of sp³-hybridized carbons (Fsp3) is 0.417. The molecule has 0 spiro atoms. The Morgan fingerprint density at radius 2 is 2.35 bits per heavy atom. The van der Waals surface area contributed by atoms with Gasteiger partial charge in [-0.2, -0.15) is 0 Å². The second-order valence-corrected chi connectivity index (χ2v) is 5.01. The van der Waals surface area contributed by atoms with E-state index in [4.69, 9.17) is 16.3 Å². The molecule has 1 unspecified atom stereocenters. The van der Waals surface area contributed by atoms with E-state index in [0.29, 0.717) is 13.0 Å². The first-order valence-corrected chi connectivity index (χ1v) is 6.32. The van der Waals surface area contributed by atoms with Crippen molar-refractivity contribution in [3.63, 3.8) is 0 Å². The Morgan fingerprint density at radius 1 is 1.60 bits per heavy atom. The zero-order valence-corrected chi connectivity index (χ0v) is 11.2. The number of carbonyl (C=O) groups is 1. The molecule has 1 saturated heterocycles. The molecule has 1 aliphatic rings. The number of rotatable bonds is 4. The number of carbonyl (C=O) groups excluding carboxylic acids is 1. The van der Waals surface area contributed by atoms with Crippen molar-refractivity contribution >= 4 is 23.2 Å². The lowest BCUT2D eigenvalue weighted by molar-refractivity contribution is -0.385. The minimum absolute atomic E-state index is 0.0322. The number of nitrogens with one attached hydrogen (secondary N) is 1. The highest BCUT2D eigenvalue weighted by Gasteiger charge is 2.33. The Bertz CT molecular complexity index is 543. The van der Waals surface area contributed by atoms with Gasteiger partial charge in [-0.15, -0.1) is 0 Å². The van der Waals surface area contributed by atoms with E-state index < -0.39 is 22.1 Å². The van der Waals surface area contributed by atoms with Crippen molar-refractivity contribution in [1.29, 1.82) is 0 Å². The zero-order chi connectivity index (χ0) is 14.8. The molecule has 0 radical (unpaired) electrons. The summed E-state index contributed by atoms with van der Waals surface area (Å²) < 4.78 is 5.05. The van der Waals surface area contributed by atoms with Crippen LogP contribution in [0.4, 0.5) is 5.69 Å². The number of nitro groups is 1. The lowest BCUT2D eigenvalue weighted by atomic mass is 10.0. The summed E-state index contributed by atoms with van der Waals surface area (Å²) >= 11 is 5.73. The third-order valence-corrected chi connectivity index (χ3v) is 3.38. The van der Waals surface area contributed by atoms with Crippen LogP contribution in [0.5, 0.6) is 0 Å². The van der Waals surface area contributed by atoms with Gasteiger partial charge >= 0.3 is 5.69 Å². The molecule has 2 rings (SSSR count). The normalized spacial score (nSPS) is 21.7. The van der Waals surface area contributed by atoms with Crippen LogP contribution >= 0.6 is 11.6 Å². The summed E-state index contributed by atoms with van der Waals surface area (Å²) in [5.41, 5.74) is -1.70. The van der Waals surface area contributed by atoms with Gasteiger partial charge in [-0.1, -0.05) is 17.7 Å². The number of para-hydroxylation sites is 1. The van der Waals surface area contributed by atoms with Crippen LogP contribution in [0, 0.1) is 10.1 Å². The average molecular weight is 301 g/mol. The topological polar surface area (TPSA) is 102 Å². The molecule has 0 bridgehead atoms. The summed E-state index contributed by atoms with van der Waals surface area (Å²) in [7, 11) is 0. The number of benzene rings is 1. The van der Waals surface area contributed by atoms with Gasteiger partial charge in [-0.05, 0) is 12.1 Å². The maximum Gasteiger partial charge on any atom is 0.300 e. The molecule has 1 aliphatic heterocycles.